The Balaban J connectivity index is 2.39. The van der Waals surface area contributed by atoms with Gasteiger partial charge < -0.3 is 0 Å². The smallest absolute Gasteiger partial charge is 0.00825 e. The molecular formula is C15H16. The van der Waals surface area contributed by atoms with Crippen LogP contribution in [-0.4, -0.2) is 0 Å². The maximum atomic E-state index is 2.36. The van der Waals surface area contributed by atoms with Crippen LogP contribution < -0.4 is 0 Å². The lowest BCUT2D eigenvalue weighted by molar-refractivity contribution is 1.15. The van der Waals surface area contributed by atoms with Crippen molar-refractivity contribution in [2.45, 2.75) is 33.6 Å². The molecule has 3 rings (SSSR count). The molecule has 1 aromatic rings. The first-order valence-corrected chi connectivity index (χ1v) is 5.68. The molecule has 0 fully saturated rings. The average molecular weight is 196 g/mol. The van der Waals surface area contributed by atoms with Crippen molar-refractivity contribution in [1.29, 1.82) is 0 Å². The van der Waals surface area contributed by atoms with Gasteiger partial charge in [0, 0.05) is 0 Å². The zero-order chi connectivity index (χ0) is 10.6. The van der Waals surface area contributed by atoms with Gasteiger partial charge in [0.25, 0.3) is 0 Å². The summed E-state index contributed by atoms with van der Waals surface area (Å²) in [5.74, 6) is 0. The number of benzene rings is 1. The van der Waals surface area contributed by atoms with Crippen LogP contribution in [0.25, 0.3) is 11.6 Å². The molecule has 0 saturated carbocycles. The minimum absolute atomic E-state index is 1.13. The normalized spacial score (nSPS) is 16.6. The van der Waals surface area contributed by atoms with Gasteiger partial charge in [-0.1, -0.05) is 18.2 Å². The molecule has 0 radical (unpaired) electrons. The molecule has 0 spiro atoms. The molecule has 0 N–H and O–H groups in total. The minimum Gasteiger partial charge on any atom is -0.0795 e. The summed E-state index contributed by atoms with van der Waals surface area (Å²) in [6.45, 7) is 6.80. The van der Waals surface area contributed by atoms with Gasteiger partial charge in [0.2, 0.25) is 0 Å². The SMILES string of the molecule is CC1=CCc2c(C)c3c(c(C)c21)CC=C3. The van der Waals surface area contributed by atoms with Crippen molar-refractivity contribution in [2.75, 3.05) is 0 Å². The molecule has 76 valence electrons. The van der Waals surface area contributed by atoms with Gasteiger partial charge in [-0.3, -0.25) is 0 Å². The summed E-state index contributed by atoms with van der Waals surface area (Å²) in [4.78, 5) is 0. The summed E-state index contributed by atoms with van der Waals surface area (Å²) in [5, 5.41) is 0. The summed E-state index contributed by atoms with van der Waals surface area (Å²) in [7, 11) is 0. The zero-order valence-electron chi connectivity index (χ0n) is 9.65. The summed E-state index contributed by atoms with van der Waals surface area (Å²) >= 11 is 0. The van der Waals surface area contributed by atoms with E-state index >= 15 is 0 Å². The second-order valence-electron chi connectivity index (χ2n) is 4.69. The van der Waals surface area contributed by atoms with E-state index in [2.05, 4.69) is 39.0 Å². The predicted octanol–water partition coefficient (Wildman–Crippen LogP) is 3.83. The fourth-order valence-electron chi connectivity index (χ4n) is 3.09. The molecule has 0 atom stereocenters. The third-order valence-electron chi connectivity index (χ3n) is 3.92. The number of allylic oxidation sites excluding steroid dienone is 3. The molecule has 0 heteroatoms. The summed E-state index contributed by atoms with van der Waals surface area (Å²) in [5.41, 5.74) is 10.6. The van der Waals surface area contributed by atoms with E-state index in [-0.39, 0.29) is 0 Å². The van der Waals surface area contributed by atoms with Crippen molar-refractivity contribution < 1.29 is 0 Å². The van der Waals surface area contributed by atoms with E-state index in [1.54, 1.807) is 11.1 Å². The largest absolute Gasteiger partial charge is 0.0795 e. The molecule has 2 aliphatic rings. The van der Waals surface area contributed by atoms with Crippen molar-refractivity contribution in [1.82, 2.24) is 0 Å². The highest BCUT2D eigenvalue weighted by molar-refractivity contribution is 5.80. The van der Waals surface area contributed by atoms with Crippen LogP contribution in [0.1, 0.15) is 40.3 Å². The van der Waals surface area contributed by atoms with Gasteiger partial charge >= 0.3 is 0 Å². The van der Waals surface area contributed by atoms with Gasteiger partial charge in [-0.15, -0.1) is 0 Å². The van der Waals surface area contributed by atoms with Crippen LogP contribution >= 0.6 is 0 Å². The Morgan fingerprint density at radius 3 is 2.53 bits per heavy atom. The molecule has 1 aromatic carbocycles. The van der Waals surface area contributed by atoms with Crippen LogP contribution in [0.5, 0.6) is 0 Å². The number of fused-ring (bicyclic) bond motifs is 2. The van der Waals surface area contributed by atoms with E-state index in [4.69, 9.17) is 0 Å². The Morgan fingerprint density at radius 1 is 0.933 bits per heavy atom. The number of hydrogen-bond donors (Lipinski definition) is 0. The fourth-order valence-corrected chi connectivity index (χ4v) is 3.09. The second kappa shape index (κ2) is 2.85. The van der Waals surface area contributed by atoms with Crippen LogP contribution in [0.4, 0.5) is 0 Å². The number of hydrogen-bond acceptors (Lipinski definition) is 0. The maximum Gasteiger partial charge on any atom is -0.00825 e. The minimum atomic E-state index is 1.13. The molecule has 15 heavy (non-hydrogen) atoms. The van der Waals surface area contributed by atoms with Gasteiger partial charge in [-0.25, -0.2) is 0 Å². The zero-order valence-corrected chi connectivity index (χ0v) is 9.65. The fraction of sp³-hybridized carbons (Fsp3) is 0.333. The topological polar surface area (TPSA) is 0 Å². The Hall–Kier alpha value is -1.30. The Bertz CT molecular complexity index is 514. The van der Waals surface area contributed by atoms with E-state index in [9.17, 15) is 0 Å². The van der Waals surface area contributed by atoms with E-state index < -0.39 is 0 Å². The summed E-state index contributed by atoms with van der Waals surface area (Å²) in [6, 6.07) is 0. The molecule has 0 heterocycles. The monoisotopic (exact) mass is 196 g/mol. The lowest BCUT2D eigenvalue weighted by Crippen LogP contribution is -2.00. The molecule has 2 aliphatic carbocycles. The highest BCUT2D eigenvalue weighted by Gasteiger charge is 2.22. The Labute approximate surface area is 91.3 Å². The van der Waals surface area contributed by atoms with E-state index in [1.807, 2.05) is 0 Å². The van der Waals surface area contributed by atoms with Crippen molar-refractivity contribution >= 4 is 11.6 Å². The van der Waals surface area contributed by atoms with Crippen molar-refractivity contribution in [3.05, 3.63) is 45.5 Å². The van der Waals surface area contributed by atoms with Crippen LogP contribution in [0.3, 0.4) is 0 Å². The van der Waals surface area contributed by atoms with E-state index in [1.165, 1.54) is 27.8 Å². The quantitative estimate of drug-likeness (QED) is 0.591. The lowest BCUT2D eigenvalue weighted by atomic mass is 9.88. The van der Waals surface area contributed by atoms with Gasteiger partial charge in [-0.05, 0) is 72.6 Å². The Morgan fingerprint density at radius 2 is 1.73 bits per heavy atom. The summed E-state index contributed by atoms with van der Waals surface area (Å²) < 4.78 is 0. The molecule has 0 nitrogen and oxygen atoms in total. The highest BCUT2D eigenvalue weighted by Crippen LogP contribution is 2.39. The van der Waals surface area contributed by atoms with E-state index in [0.29, 0.717) is 0 Å². The first-order chi connectivity index (χ1) is 7.20. The van der Waals surface area contributed by atoms with Gasteiger partial charge in [-0.2, -0.15) is 0 Å². The lowest BCUT2D eigenvalue weighted by Gasteiger charge is -2.16. The van der Waals surface area contributed by atoms with Gasteiger partial charge in [0.15, 0.2) is 0 Å². The molecule has 0 aliphatic heterocycles. The molecular weight excluding hydrogens is 180 g/mol. The molecule has 0 aromatic heterocycles. The molecule has 0 amide bonds. The third-order valence-corrected chi connectivity index (χ3v) is 3.92. The molecule has 0 bridgehead atoms. The van der Waals surface area contributed by atoms with Crippen LogP contribution in [0.2, 0.25) is 0 Å². The number of rotatable bonds is 0. The molecule has 0 saturated heterocycles. The molecule has 0 unspecified atom stereocenters. The van der Waals surface area contributed by atoms with Crippen molar-refractivity contribution in [3.8, 4) is 0 Å². The van der Waals surface area contributed by atoms with Crippen LogP contribution in [0.15, 0.2) is 12.2 Å². The maximum absolute atomic E-state index is 2.36. The van der Waals surface area contributed by atoms with Crippen molar-refractivity contribution in [2.24, 2.45) is 0 Å². The highest BCUT2D eigenvalue weighted by atomic mass is 14.3. The first-order valence-electron chi connectivity index (χ1n) is 5.68. The van der Waals surface area contributed by atoms with Crippen LogP contribution in [-0.2, 0) is 12.8 Å². The van der Waals surface area contributed by atoms with E-state index in [0.717, 1.165) is 12.8 Å². The standard InChI is InChI=1S/C15H16/c1-9-7-8-14-10(2)12-5-4-6-13(12)11(3)15(9)14/h4-5,7H,6,8H2,1-3H3. The van der Waals surface area contributed by atoms with Gasteiger partial charge in [0.05, 0.1) is 0 Å². The summed E-state index contributed by atoms with van der Waals surface area (Å²) in [6.07, 6.45) is 9.21. The van der Waals surface area contributed by atoms with Gasteiger partial charge in [0.1, 0.15) is 0 Å². The second-order valence-corrected chi connectivity index (χ2v) is 4.69. The third kappa shape index (κ3) is 1.02. The first kappa shape index (κ1) is 8.96. The van der Waals surface area contributed by atoms with Crippen molar-refractivity contribution in [3.63, 3.8) is 0 Å². The predicted molar refractivity (Wildman–Crippen MR) is 66.0 cm³/mol. The Kier molecular flexibility index (Phi) is 1.70. The average Bonchev–Trinajstić information content (AvgIpc) is 2.80. The van der Waals surface area contributed by atoms with Crippen LogP contribution in [0, 0.1) is 13.8 Å².